The third-order valence-electron chi connectivity index (χ3n) is 8.48. The van der Waals surface area contributed by atoms with Crippen molar-refractivity contribution in [1.82, 2.24) is 9.55 Å². The number of nitrogens with zero attached hydrogens (tertiary/aromatic N) is 2. The molecule has 4 atom stereocenters. The molecule has 1 amide bonds. The summed E-state index contributed by atoms with van der Waals surface area (Å²) in [5, 5.41) is 2.93. The summed E-state index contributed by atoms with van der Waals surface area (Å²) >= 11 is 0. The summed E-state index contributed by atoms with van der Waals surface area (Å²) in [7, 11) is -9.16. The first-order valence-corrected chi connectivity index (χ1v) is 20.5. The highest BCUT2D eigenvalue weighted by Crippen LogP contribution is 2.52. The van der Waals surface area contributed by atoms with E-state index in [4.69, 9.17) is 23.5 Å². The quantitative estimate of drug-likeness (QED) is 0.343. The lowest BCUT2D eigenvalue weighted by atomic mass is 9.89. The molecule has 1 aromatic heterocycles. The van der Waals surface area contributed by atoms with Crippen LogP contribution in [-0.2, 0) is 32.7 Å². The monoisotopic (exact) mass is 616 g/mol. The Kier molecular flexibility index (Phi) is 8.51. The molecular formula is C25H44N4O8SSi2. The molecule has 1 aromatic rings. The second kappa shape index (κ2) is 10.4. The summed E-state index contributed by atoms with van der Waals surface area (Å²) in [6, 6.07) is 1.45. The average Bonchev–Trinajstić information content (AvgIpc) is 3.17. The maximum absolute atomic E-state index is 13.2. The molecule has 15 heteroatoms. The van der Waals surface area contributed by atoms with Gasteiger partial charge >= 0.3 is 5.69 Å². The second-order valence-corrected chi connectivity index (χ2v) is 24.5. The Bertz CT molecular complexity index is 1350. The van der Waals surface area contributed by atoms with Crippen LogP contribution in [0.15, 0.2) is 28.2 Å². The van der Waals surface area contributed by atoms with E-state index in [9.17, 15) is 18.0 Å². The van der Waals surface area contributed by atoms with Gasteiger partial charge in [0.25, 0.3) is 10.1 Å². The van der Waals surface area contributed by atoms with Gasteiger partial charge in [0, 0.05) is 13.1 Å². The van der Waals surface area contributed by atoms with Gasteiger partial charge in [0.15, 0.2) is 28.5 Å². The molecular weight excluding hydrogens is 573 g/mol. The number of carbonyl (C=O) groups is 1. The molecule has 3 heterocycles. The smallest absolute Gasteiger partial charge is 0.351 e. The Labute approximate surface area is 239 Å². The molecule has 2 aliphatic rings. The Morgan fingerprint density at radius 3 is 2.17 bits per heavy atom. The zero-order chi connectivity index (χ0) is 30.7. The minimum Gasteiger partial charge on any atom is -0.414 e. The molecule has 2 aliphatic heterocycles. The summed E-state index contributed by atoms with van der Waals surface area (Å²) in [4.78, 5) is 28.7. The molecule has 1 fully saturated rings. The molecule has 12 nitrogen and oxygen atoms in total. The average molecular weight is 617 g/mol. The van der Waals surface area contributed by atoms with Gasteiger partial charge in [-0.25, -0.2) is 8.98 Å². The molecule has 40 heavy (non-hydrogen) atoms. The fourth-order valence-corrected chi connectivity index (χ4v) is 7.58. The van der Waals surface area contributed by atoms with Crippen molar-refractivity contribution >= 4 is 38.5 Å². The van der Waals surface area contributed by atoms with Gasteiger partial charge in [-0.1, -0.05) is 41.5 Å². The van der Waals surface area contributed by atoms with Gasteiger partial charge < -0.3 is 24.6 Å². The first-order valence-electron chi connectivity index (χ1n) is 13.2. The van der Waals surface area contributed by atoms with E-state index < -0.39 is 56.5 Å². The Hall–Kier alpha value is -1.89. The number of nitrogens with one attached hydrogen (secondary N) is 1. The fraction of sp³-hybridized carbons (Fsp3) is 0.720. The van der Waals surface area contributed by atoms with Gasteiger partial charge in [-0.05, 0) is 42.3 Å². The first-order chi connectivity index (χ1) is 17.9. The topological polar surface area (TPSA) is 161 Å². The van der Waals surface area contributed by atoms with Crippen LogP contribution < -0.4 is 16.7 Å². The molecule has 3 N–H and O–H groups in total. The van der Waals surface area contributed by atoms with E-state index in [0.29, 0.717) is 0 Å². The minimum atomic E-state index is -4.19. The zero-order valence-electron chi connectivity index (χ0n) is 25.3. The molecule has 0 aromatic carbocycles. The van der Waals surface area contributed by atoms with Gasteiger partial charge in [-0.3, -0.25) is 9.36 Å². The van der Waals surface area contributed by atoms with Gasteiger partial charge in [-0.15, -0.1) is 0 Å². The van der Waals surface area contributed by atoms with Crippen LogP contribution in [0.4, 0.5) is 5.82 Å². The van der Waals surface area contributed by atoms with E-state index in [0.717, 1.165) is 5.41 Å². The summed E-state index contributed by atoms with van der Waals surface area (Å²) in [5.41, 5.74) is 3.86. The van der Waals surface area contributed by atoms with E-state index >= 15 is 0 Å². The van der Waals surface area contributed by atoms with Gasteiger partial charge in [0.1, 0.15) is 18.0 Å². The van der Waals surface area contributed by atoms with Crippen LogP contribution in [0.2, 0.25) is 36.3 Å². The van der Waals surface area contributed by atoms with Crippen molar-refractivity contribution in [3.05, 3.63) is 33.9 Å². The number of ether oxygens (including phenoxy) is 1. The van der Waals surface area contributed by atoms with E-state index in [-0.39, 0.29) is 34.1 Å². The van der Waals surface area contributed by atoms with Crippen molar-refractivity contribution in [3.8, 4) is 0 Å². The maximum Gasteiger partial charge on any atom is 0.351 e. The molecule has 4 unspecified atom stereocenters. The van der Waals surface area contributed by atoms with Gasteiger partial charge in [0.05, 0.1) is 17.7 Å². The van der Waals surface area contributed by atoms with Crippen molar-refractivity contribution < 1.29 is 31.0 Å². The van der Waals surface area contributed by atoms with Crippen LogP contribution in [0.5, 0.6) is 0 Å². The van der Waals surface area contributed by atoms with Crippen LogP contribution in [0, 0.1) is 0 Å². The number of hydrogen-bond acceptors (Lipinski definition) is 10. The largest absolute Gasteiger partial charge is 0.414 e. The summed E-state index contributed by atoms with van der Waals surface area (Å²) in [6.45, 7) is 21.8. The molecule has 0 bridgehead atoms. The number of amides is 1. The van der Waals surface area contributed by atoms with E-state index in [1.165, 1.54) is 23.8 Å². The molecule has 1 spiro atoms. The molecule has 0 radical (unpaired) electrons. The van der Waals surface area contributed by atoms with Crippen molar-refractivity contribution in [2.45, 2.75) is 109 Å². The van der Waals surface area contributed by atoms with Crippen molar-refractivity contribution in [2.24, 2.45) is 5.73 Å². The van der Waals surface area contributed by atoms with Crippen molar-refractivity contribution in [1.29, 1.82) is 0 Å². The summed E-state index contributed by atoms with van der Waals surface area (Å²) in [5.74, 6) is -0.314. The highest BCUT2D eigenvalue weighted by molar-refractivity contribution is 7.90. The Balaban J connectivity index is 2.20. The zero-order valence-corrected chi connectivity index (χ0v) is 28.1. The highest BCUT2D eigenvalue weighted by atomic mass is 32.2. The van der Waals surface area contributed by atoms with Crippen LogP contribution in [-0.4, -0.2) is 64.9 Å². The van der Waals surface area contributed by atoms with Crippen molar-refractivity contribution in [3.63, 3.8) is 0 Å². The lowest BCUT2D eigenvalue weighted by molar-refractivity contribution is -0.114. The predicted octanol–water partition coefficient (Wildman–Crippen LogP) is 3.41. The molecule has 0 saturated carbocycles. The van der Waals surface area contributed by atoms with Crippen molar-refractivity contribution in [2.75, 3.05) is 11.9 Å². The Morgan fingerprint density at radius 2 is 1.73 bits per heavy atom. The third kappa shape index (κ3) is 6.15. The predicted molar refractivity (Wildman–Crippen MR) is 157 cm³/mol. The molecule has 0 aliphatic carbocycles. The van der Waals surface area contributed by atoms with Crippen LogP contribution in [0.1, 0.15) is 54.7 Å². The number of carbonyl (C=O) groups excluding carboxylic acids is 1. The van der Waals surface area contributed by atoms with Crippen LogP contribution >= 0.6 is 0 Å². The molecule has 1 saturated heterocycles. The third-order valence-corrected chi connectivity index (χ3v) is 18.5. The van der Waals surface area contributed by atoms with Gasteiger partial charge in [0.2, 0.25) is 5.91 Å². The molecule has 3 rings (SSSR count). The number of nitrogens with two attached hydrogens (primary N) is 1. The lowest BCUT2D eigenvalue weighted by Gasteiger charge is -2.43. The van der Waals surface area contributed by atoms with Gasteiger partial charge in [-0.2, -0.15) is 13.4 Å². The first kappa shape index (κ1) is 32.6. The standard InChI is InChI=1S/C25H44N4O8SSi2/c1-16(30)27-19-12-13-29(22(31)28-19)21-20(36-40(10,11)24(5,6)7)25(17(26)15-38(32,33)37-25)18(35-21)14-34-39(8,9)23(2,3)4/h12-13,15,18,20-21H,14,26H2,1-11H3,(H,27,28,30,31). The lowest BCUT2D eigenvalue weighted by Crippen LogP contribution is -2.59. The molecule has 226 valence electrons. The van der Waals surface area contributed by atoms with Crippen LogP contribution in [0.25, 0.3) is 0 Å². The number of anilines is 1. The SMILES string of the molecule is CC(=O)Nc1ccn(C2OC(CO[Si](C)(C)C(C)(C)C)C3(OS(=O)(=O)C=C3N)C2O[Si](C)(C)C(C)(C)C)c(=O)n1. The summed E-state index contributed by atoms with van der Waals surface area (Å²) in [6.07, 6.45) is -1.91. The van der Waals surface area contributed by atoms with E-state index in [2.05, 4.69) is 44.2 Å². The number of hydrogen-bond donors (Lipinski definition) is 2. The van der Waals surface area contributed by atoms with E-state index in [1.54, 1.807) is 0 Å². The minimum absolute atomic E-state index is 0.0411. The highest BCUT2D eigenvalue weighted by Gasteiger charge is 2.67. The number of aromatic nitrogens is 2. The number of rotatable bonds is 7. The fourth-order valence-electron chi connectivity index (χ4n) is 4.07. The Morgan fingerprint density at radius 1 is 1.15 bits per heavy atom. The van der Waals surface area contributed by atoms with E-state index in [1.807, 2.05) is 33.9 Å². The summed E-state index contributed by atoms with van der Waals surface area (Å²) < 4.78 is 52.4. The second-order valence-electron chi connectivity index (χ2n) is 13.5. The normalized spacial score (nSPS) is 27.2. The maximum atomic E-state index is 13.2. The van der Waals surface area contributed by atoms with Crippen LogP contribution in [0.3, 0.4) is 0 Å².